The van der Waals surface area contributed by atoms with Crippen molar-refractivity contribution >= 4 is 11.6 Å². The molecule has 0 spiro atoms. The Labute approximate surface area is 89.3 Å². The van der Waals surface area contributed by atoms with Crippen molar-refractivity contribution in [2.45, 2.75) is 19.9 Å². The molecular formula is C11H13ClN2. The smallest absolute Gasteiger partial charge is 0.0992 e. The summed E-state index contributed by atoms with van der Waals surface area (Å²) in [6, 6.07) is 7.23. The Morgan fingerprint density at radius 2 is 2.00 bits per heavy atom. The Kier molecular flexibility index (Phi) is 3.51. The van der Waals surface area contributed by atoms with Gasteiger partial charge in [-0.1, -0.05) is 25.4 Å². The maximum absolute atomic E-state index is 8.76. The molecule has 0 amide bonds. The molecule has 0 aliphatic rings. The summed E-state index contributed by atoms with van der Waals surface area (Å²) < 4.78 is 0. The Balaban J connectivity index is 3.10. The quantitative estimate of drug-likeness (QED) is 0.813. The van der Waals surface area contributed by atoms with Gasteiger partial charge in [0.15, 0.2) is 0 Å². The van der Waals surface area contributed by atoms with Gasteiger partial charge >= 0.3 is 0 Å². The largest absolute Gasteiger partial charge is 0.324 e. The van der Waals surface area contributed by atoms with Crippen LogP contribution in [0.2, 0.25) is 5.02 Å². The number of hydrogen-bond donors (Lipinski definition) is 1. The Morgan fingerprint density at radius 1 is 1.36 bits per heavy atom. The van der Waals surface area contributed by atoms with E-state index in [4.69, 9.17) is 22.6 Å². The zero-order chi connectivity index (χ0) is 10.7. The molecule has 1 aromatic rings. The van der Waals surface area contributed by atoms with Crippen molar-refractivity contribution in [1.82, 2.24) is 0 Å². The van der Waals surface area contributed by atoms with Gasteiger partial charge < -0.3 is 5.73 Å². The first kappa shape index (κ1) is 11.0. The first-order valence-corrected chi connectivity index (χ1v) is 4.88. The molecule has 0 bridgehead atoms. The molecule has 1 atom stereocenters. The van der Waals surface area contributed by atoms with Crippen LogP contribution in [0.15, 0.2) is 18.2 Å². The summed E-state index contributed by atoms with van der Waals surface area (Å²) >= 11 is 5.87. The van der Waals surface area contributed by atoms with Gasteiger partial charge in [-0.05, 0) is 29.7 Å². The van der Waals surface area contributed by atoms with Gasteiger partial charge in [0.1, 0.15) is 0 Å². The second-order valence-electron chi connectivity index (χ2n) is 3.65. The summed E-state index contributed by atoms with van der Waals surface area (Å²) in [5.74, 6) is 0.333. The summed E-state index contributed by atoms with van der Waals surface area (Å²) in [5, 5.41) is 9.32. The van der Waals surface area contributed by atoms with E-state index in [0.29, 0.717) is 16.5 Å². The molecule has 3 heteroatoms. The summed E-state index contributed by atoms with van der Waals surface area (Å²) in [6.45, 7) is 4.08. The first-order valence-electron chi connectivity index (χ1n) is 4.50. The van der Waals surface area contributed by atoms with Crippen molar-refractivity contribution in [3.63, 3.8) is 0 Å². The Morgan fingerprint density at radius 3 is 2.50 bits per heavy atom. The van der Waals surface area contributed by atoms with Crippen molar-refractivity contribution in [3.8, 4) is 6.07 Å². The Bertz CT molecular complexity index is 366. The van der Waals surface area contributed by atoms with Gasteiger partial charge in [-0.2, -0.15) is 5.26 Å². The van der Waals surface area contributed by atoms with Crippen LogP contribution in [0.3, 0.4) is 0 Å². The third-order valence-corrected chi connectivity index (χ3v) is 2.37. The minimum Gasteiger partial charge on any atom is -0.324 e. The van der Waals surface area contributed by atoms with E-state index in [1.54, 1.807) is 12.1 Å². The SMILES string of the molecule is CC(C)[C@@H](N)c1cc(Cl)cc(C#N)c1. The lowest BCUT2D eigenvalue weighted by atomic mass is 9.96. The highest BCUT2D eigenvalue weighted by Crippen LogP contribution is 2.23. The van der Waals surface area contributed by atoms with Crippen molar-refractivity contribution in [3.05, 3.63) is 34.3 Å². The number of benzene rings is 1. The molecule has 14 heavy (non-hydrogen) atoms. The highest BCUT2D eigenvalue weighted by atomic mass is 35.5. The lowest BCUT2D eigenvalue weighted by molar-refractivity contribution is 0.514. The maximum atomic E-state index is 8.76. The number of nitrogens with two attached hydrogens (primary N) is 1. The lowest BCUT2D eigenvalue weighted by Crippen LogP contribution is -2.16. The van der Waals surface area contributed by atoms with Crippen LogP contribution >= 0.6 is 11.6 Å². The molecule has 2 nitrogen and oxygen atoms in total. The minimum atomic E-state index is -0.0687. The van der Waals surface area contributed by atoms with Gasteiger partial charge in [0.2, 0.25) is 0 Å². The predicted molar refractivity (Wildman–Crippen MR) is 57.9 cm³/mol. The first-order chi connectivity index (χ1) is 6.54. The molecule has 1 rings (SSSR count). The molecule has 0 fully saturated rings. The number of rotatable bonds is 2. The fraction of sp³-hybridized carbons (Fsp3) is 0.364. The zero-order valence-corrected chi connectivity index (χ0v) is 9.05. The second kappa shape index (κ2) is 4.45. The van der Waals surface area contributed by atoms with Gasteiger partial charge in [0, 0.05) is 11.1 Å². The van der Waals surface area contributed by atoms with E-state index in [2.05, 4.69) is 6.07 Å². The highest BCUT2D eigenvalue weighted by molar-refractivity contribution is 6.30. The number of halogens is 1. The highest BCUT2D eigenvalue weighted by Gasteiger charge is 2.11. The molecule has 0 heterocycles. The number of nitriles is 1. The summed E-state index contributed by atoms with van der Waals surface area (Å²) in [5.41, 5.74) is 7.44. The molecular weight excluding hydrogens is 196 g/mol. The van der Waals surface area contributed by atoms with Crippen LogP contribution < -0.4 is 5.73 Å². The summed E-state index contributed by atoms with van der Waals surface area (Å²) in [6.07, 6.45) is 0. The van der Waals surface area contributed by atoms with Crippen molar-refractivity contribution in [2.75, 3.05) is 0 Å². The summed E-state index contributed by atoms with van der Waals surface area (Å²) in [4.78, 5) is 0. The van der Waals surface area contributed by atoms with E-state index >= 15 is 0 Å². The average Bonchev–Trinajstić information content (AvgIpc) is 2.15. The monoisotopic (exact) mass is 208 g/mol. The van der Waals surface area contributed by atoms with Crippen LogP contribution in [-0.4, -0.2) is 0 Å². The van der Waals surface area contributed by atoms with Crippen LogP contribution in [0.1, 0.15) is 31.0 Å². The van der Waals surface area contributed by atoms with E-state index in [1.807, 2.05) is 19.9 Å². The zero-order valence-electron chi connectivity index (χ0n) is 8.29. The molecule has 0 saturated carbocycles. The van der Waals surface area contributed by atoms with Gasteiger partial charge in [-0.15, -0.1) is 0 Å². The second-order valence-corrected chi connectivity index (χ2v) is 4.09. The molecule has 1 aromatic carbocycles. The predicted octanol–water partition coefficient (Wildman–Crippen LogP) is 2.87. The molecule has 0 saturated heterocycles. The lowest BCUT2D eigenvalue weighted by Gasteiger charge is -2.16. The third-order valence-electron chi connectivity index (χ3n) is 2.15. The van der Waals surface area contributed by atoms with Crippen LogP contribution in [0.25, 0.3) is 0 Å². The van der Waals surface area contributed by atoms with Crippen molar-refractivity contribution in [1.29, 1.82) is 5.26 Å². The third kappa shape index (κ3) is 2.47. The van der Waals surface area contributed by atoms with Crippen LogP contribution in [0.5, 0.6) is 0 Å². The minimum absolute atomic E-state index is 0.0687. The van der Waals surface area contributed by atoms with Crippen molar-refractivity contribution in [2.24, 2.45) is 11.7 Å². The van der Waals surface area contributed by atoms with Gasteiger partial charge in [-0.3, -0.25) is 0 Å². The van der Waals surface area contributed by atoms with E-state index < -0.39 is 0 Å². The van der Waals surface area contributed by atoms with Crippen LogP contribution in [-0.2, 0) is 0 Å². The maximum Gasteiger partial charge on any atom is 0.0992 e. The van der Waals surface area contributed by atoms with Crippen molar-refractivity contribution < 1.29 is 0 Å². The molecule has 0 aliphatic heterocycles. The van der Waals surface area contributed by atoms with Gasteiger partial charge in [-0.25, -0.2) is 0 Å². The normalized spacial score (nSPS) is 12.6. The fourth-order valence-corrected chi connectivity index (χ4v) is 1.50. The topological polar surface area (TPSA) is 49.8 Å². The molecule has 0 radical (unpaired) electrons. The molecule has 74 valence electrons. The molecule has 2 N–H and O–H groups in total. The van der Waals surface area contributed by atoms with Crippen LogP contribution in [0.4, 0.5) is 0 Å². The summed E-state index contributed by atoms with van der Waals surface area (Å²) in [7, 11) is 0. The number of nitrogens with zero attached hydrogens (tertiary/aromatic N) is 1. The Hall–Kier alpha value is -1.04. The van der Waals surface area contributed by atoms with E-state index in [-0.39, 0.29) is 6.04 Å². The van der Waals surface area contributed by atoms with E-state index in [1.165, 1.54) is 0 Å². The van der Waals surface area contributed by atoms with E-state index in [9.17, 15) is 0 Å². The molecule has 0 aliphatic carbocycles. The fourth-order valence-electron chi connectivity index (χ4n) is 1.25. The standard InChI is InChI=1S/C11H13ClN2/c1-7(2)11(14)9-3-8(6-13)4-10(12)5-9/h3-5,7,11H,14H2,1-2H3/t11-/m1/s1. The number of hydrogen-bond acceptors (Lipinski definition) is 2. The molecule has 0 unspecified atom stereocenters. The van der Waals surface area contributed by atoms with E-state index in [0.717, 1.165) is 5.56 Å². The van der Waals surface area contributed by atoms with Gasteiger partial charge in [0.05, 0.1) is 11.6 Å². The molecule has 0 aromatic heterocycles. The van der Waals surface area contributed by atoms with Crippen LogP contribution in [0, 0.1) is 17.2 Å². The van der Waals surface area contributed by atoms with Gasteiger partial charge in [0.25, 0.3) is 0 Å². The average molecular weight is 209 g/mol.